The summed E-state index contributed by atoms with van der Waals surface area (Å²) in [6, 6.07) is 5.51. The second-order valence-corrected chi connectivity index (χ2v) is 4.44. The van der Waals surface area contributed by atoms with Crippen LogP contribution in [0.2, 0.25) is 5.02 Å². The molecule has 1 heterocycles. The molecular weight excluding hydrogens is 275 g/mol. The molecule has 1 saturated heterocycles. The number of amides is 1. The lowest BCUT2D eigenvalue weighted by atomic mass is 10.2. The van der Waals surface area contributed by atoms with E-state index in [4.69, 9.17) is 16.3 Å². The van der Waals surface area contributed by atoms with E-state index in [1.165, 1.54) is 0 Å². The molecule has 1 atom stereocenters. The van der Waals surface area contributed by atoms with Crippen LogP contribution in [0.3, 0.4) is 0 Å². The van der Waals surface area contributed by atoms with Gasteiger partial charge in [-0.1, -0.05) is 17.7 Å². The minimum atomic E-state index is -0.444. The molecule has 0 bridgehead atoms. The van der Waals surface area contributed by atoms with Crippen molar-refractivity contribution >= 4 is 35.6 Å². The van der Waals surface area contributed by atoms with Gasteiger partial charge in [-0.15, -0.1) is 12.4 Å². The summed E-state index contributed by atoms with van der Waals surface area (Å²) in [4.78, 5) is 11.9. The van der Waals surface area contributed by atoms with E-state index < -0.39 is 6.10 Å². The average molecular weight is 291 g/mol. The molecule has 18 heavy (non-hydrogen) atoms. The number of morpholine rings is 1. The van der Waals surface area contributed by atoms with Gasteiger partial charge in [0.05, 0.1) is 17.3 Å². The van der Waals surface area contributed by atoms with Crippen LogP contribution in [0, 0.1) is 6.92 Å². The maximum absolute atomic E-state index is 11.9. The van der Waals surface area contributed by atoms with Crippen LogP contribution in [0.1, 0.15) is 5.56 Å². The summed E-state index contributed by atoms with van der Waals surface area (Å²) in [6.07, 6.45) is -0.444. The highest BCUT2D eigenvalue weighted by Gasteiger charge is 2.22. The lowest BCUT2D eigenvalue weighted by Crippen LogP contribution is -2.45. The quantitative estimate of drug-likeness (QED) is 0.876. The molecular formula is C12H16Cl2N2O2. The monoisotopic (exact) mass is 290 g/mol. The maximum atomic E-state index is 11.9. The number of anilines is 1. The molecule has 6 heteroatoms. The van der Waals surface area contributed by atoms with Gasteiger partial charge in [-0.25, -0.2) is 0 Å². The Balaban J connectivity index is 0.00000162. The summed E-state index contributed by atoms with van der Waals surface area (Å²) in [5, 5.41) is 6.43. The fourth-order valence-corrected chi connectivity index (χ4v) is 1.85. The highest BCUT2D eigenvalue weighted by atomic mass is 35.5. The summed E-state index contributed by atoms with van der Waals surface area (Å²) in [5.74, 6) is -0.162. The van der Waals surface area contributed by atoms with Crippen molar-refractivity contribution in [3.05, 3.63) is 28.8 Å². The van der Waals surface area contributed by atoms with E-state index in [-0.39, 0.29) is 18.3 Å². The van der Waals surface area contributed by atoms with Gasteiger partial charge in [0.1, 0.15) is 6.10 Å². The summed E-state index contributed by atoms with van der Waals surface area (Å²) >= 11 is 6.01. The molecule has 2 N–H and O–H groups in total. The third-order valence-corrected chi connectivity index (χ3v) is 2.93. The lowest BCUT2D eigenvalue weighted by molar-refractivity contribution is -0.128. The number of carbonyl (C=O) groups is 1. The van der Waals surface area contributed by atoms with Crippen LogP contribution in [-0.4, -0.2) is 31.7 Å². The van der Waals surface area contributed by atoms with Crippen molar-refractivity contribution in [1.29, 1.82) is 0 Å². The second kappa shape index (κ2) is 6.95. The average Bonchev–Trinajstić information content (AvgIpc) is 2.35. The fraction of sp³-hybridized carbons (Fsp3) is 0.417. The van der Waals surface area contributed by atoms with Crippen LogP contribution in [0.4, 0.5) is 5.69 Å². The standard InChI is InChI=1S/C12H15ClN2O2.ClH/c1-8-2-3-9(13)10(6-8)15-12(16)11-7-14-4-5-17-11;/h2-3,6,11,14H,4-5,7H2,1H3,(H,15,16);1H. The topological polar surface area (TPSA) is 50.4 Å². The van der Waals surface area contributed by atoms with Crippen molar-refractivity contribution in [2.75, 3.05) is 25.0 Å². The molecule has 1 aliphatic rings. The Labute approximate surface area is 117 Å². The SMILES string of the molecule is Cc1ccc(Cl)c(NC(=O)C2CNCCO2)c1.Cl. The zero-order valence-corrected chi connectivity index (χ0v) is 11.6. The molecule has 1 amide bonds. The van der Waals surface area contributed by atoms with Gasteiger partial charge in [0.2, 0.25) is 0 Å². The molecule has 100 valence electrons. The first-order chi connectivity index (χ1) is 8.16. The summed E-state index contributed by atoms with van der Waals surface area (Å²) < 4.78 is 5.36. The van der Waals surface area contributed by atoms with E-state index in [2.05, 4.69) is 10.6 Å². The first kappa shape index (κ1) is 15.2. The minimum Gasteiger partial charge on any atom is -0.366 e. The van der Waals surface area contributed by atoms with Gasteiger partial charge in [-0.3, -0.25) is 4.79 Å². The van der Waals surface area contributed by atoms with Gasteiger partial charge in [0.25, 0.3) is 5.91 Å². The van der Waals surface area contributed by atoms with Gasteiger partial charge in [0.15, 0.2) is 0 Å². The van der Waals surface area contributed by atoms with Crippen LogP contribution in [0.25, 0.3) is 0 Å². The van der Waals surface area contributed by atoms with Crippen molar-refractivity contribution in [3.63, 3.8) is 0 Å². The van der Waals surface area contributed by atoms with Gasteiger partial charge >= 0.3 is 0 Å². The molecule has 1 fully saturated rings. The summed E-state index contributed by atoms with van der Waals surface area (Å²) in [7, 11) is 0. The van der Waals surface area contributed by atoms with Crippen LogP contribution in [-0.2, 0) is 9.53 Å². The molecule has 0 aromatic heterocycles. The van der Waals surface area contributed by atoms with Crippen molar-refractivity contribution in [1.82, 2.24) is 5.32 Å². The number of aryl methyl sites for hydroxylation is 1. The van der Waals surface area contributed by atoms with Crippen LogP contribution in [0.15, 0.2) is 18.2 Å². The van der Waals surface area contributed by atoms with Crippen molar-refractivity contribution in [2.45, 2.75) is 13.0 Å². The Morgan fingerprint density at radius 2 is 2.33 bits per heavy atom. The van der Waals surface area contributed by atoms with Gasteiger partial charge in [0, 0.05) is 13.1 Å². The van der Waals surface area contributed by atoms with Crippen LogP contribution < -0.4 is 10.6 Å². The number of nitrogens with one attached hydrogen (secondary N) is 2. The molecule has 2 rings (SSSR count). The number of halogens is 2. The smallest absolute Gasteiger partial charge is 0.254 e. The second-order valence-electron chi connectivity index (χ2n) is 4.04. The molecule has 4 nitrogen and oxygen atoms in total. The van der Waals surface area contributed by atoms with Crippen LogP contribution >= 0.6 is 24.0 Å². The first-order valence-electron chi connectivity index (χ1n) is 5.56. The zero-order chi connectivity index (χ0) is 12.3. The Kier molecular flexibility index (Phi) is 5.88. The molecule has 0 radical (unpaired) electrons. The van der Waals surface area contributed by atoms with Crippen LogP contribution in [0.5, 0.6) is 0 Å². The van der Waals surface area contributed by atoms with E-state index in [0.29, 0.717) is 23.9 Å². The Morgan fingerprint density at radius 3 is 3.00 bits per heavy atom. The highest BCUT2D eigenvalue weighted by Crippen LogP contribution is 2.23. The number of hydrogen-bond donors (Lipinski definition) is 2. The predicted molar refractivity (Wildman–Crippen MR) is 74.7 cm³/mol. The maximum Gasteiger partial charge on any atom is 0.254 e. The predicted octanol–water partition coefficient (Wildman–Crippen LogP) is 2.00. The number of hydrogen-bond acceptors (Lipinski definition) is 3. The van der Waals surface area contributed by atoms with E-state index in [9.17, 15) is 4.79 Å². The number of benzene rings is 1. The fourth-order valence-electron chi connectivity index (χ4n) is 1.68. The number of rotatable bonds is 2. The minimum absolute atomic E-state index is 0. The van der Waals surface area contributed by atoms with E-state index in [1.54, 1.807) is 6.07 Å². The molecule has 1 aliphatic heterocycles. The summed E-state index contributed by atoms with van der Waals surface area (Å²) in [6.45, 7) is 3.83. The molecule has 0 aliphatic carbocycles. The Hall–Kier alpha value is -0.810. The Morgan fingerprint density at radius 1 is 1.56 bits per heavy atom. The zero-order valence-electron chi connectivity index (χ0n) is 10.0. The van der Waals surface area contributed by atoms with Crippen molar-refractivity contribution in [2.24, 2.45) is 0 Å². The van der Waals surface area contributed by atoms with E-state index in [0.717, 1.165) is 12.1 Å². The molecule has 1 unspecified atom stereocenters. The molecule has 0 saturated carbocycles. The normalized spacial score (nSPS) is 18.9. The molecule has 0 spiro atoms. The number of ether oxygens (including phenoxy) is 1. The lowest BCUT2D eigenvalue weighted by Gasteiger charge is -2.23. The van der Waals surface area contributed by atoms with Gasteiger partial charge in [-0.05, 0) is 24.6 Å². The summed E-state index contributed by atoms with van der Waals surface area (Å²) in [5.41, 5.74) is 1.68. The largest absolute Gasteiger partial charge is 0.366 e. The van der Waals surface area contributed by atoms with E-state index in [1.807, 2.05) is 19.1 Å². The van der Waals surface area contributed by atoms with Crippen molar-refractivity contribution < 1.29 is 9.53 Å². The Bertz CT molecular complexity index is 421. The third kappa shape index (κ3) is 3.85. The van der Waals surface area contributed by atoms with Crippen molar-refractivity contribution in [3.8, 4) is 0 Å². The first-order valence-corrected chi connectivity index (χ1v) is 5.94. The van der Waals surface area contributed by atoms with E-state index >= 15 is 0 Å². The highest BCUT2D eigenvalue weighted by molar-refractivity contribution is 6.33. The molecule has 1 aromatic rings. The third-order valence-electron chi connectivity index (χ3n) is 2.60. The van der Waals surface area contributed by atoms with Gasteiger partial charge < -0.3 is 15.4 Å². The van der Waals surface area contributed by atoms with Gasteiger partial charge in [-0.2, -0.15) is 0 Å². The molecule has 1 aromatic carbocycles. The number of carbonyl (C=O) groups excluding carboxylic acids is 1.